The second-order valence-electron chi connectivity index (χ2n) is 6.23. The van der Waals surface area contributed by atoms with Gasteiger partial charge < -0.3 is 4.84 Å². The molecule has 9 heteroatoms. The highest BCUT2D eigenvalue weighted by Crippen LogP contribution is 2.20. The van der Waals surface area contributed by atoms with Crippen LogP contribution in [-0.4, -0.2) is 32.5 Å². The fraction of sp³-hybridized carbons (Fsp3) is 0.158. The number of hydrogen-bond acceptors (Lipinski definition) is 5. The number of aromatic nitrogens is 3. The molecule has 1 atom stereocenters. The zero-order chi connectivity index (χ0) is 19.5. The molecule has 0 aliphatic carbocycles. The quantitative estimate of drug-likeness (QED) is 0.627. The van der Waals surface area contributed by atoms with E-state index in [4.69, 9.17) is 16.4 Å². The van der Waals surface area contributed by atoms with Crippen molar-refractivity contribution in [3.63, 3.8) is 0 Å². The van der Waals surface area contributed by atoms with Crippen LogP contribution in [0.15, 0.2) is 64.5 Å². The van der Waals surface area contributed by atoms with Gasteiger partial charge in [-0.3, -0.25) is 10.1 Å². The average molecular weight is 461 g/mol. The molecule has 0 saturated carbocycles. The summed E-state index contributed by atoms with van der Waals surface area (Å²) in [7, 11) is 0. The van der Waals surface area contributed by atoms with Crippen LogP contribution < -0.4 is 5.32 Å². The molecule has 0 bridgehead atoms. The zero-order valence-electron chi connectivity index (χ0n) is 14.5. The Morgan fingerprint density at radius 3 is 2.89 bits per heavy atom. The molecular formula is C19H15BrClN5O2. The molecule has 7 nitrogen and oxygen atoms in total. The van der Waals surface area contributed by atoms with Crippen molar-refractivity contribution in [2.24, 2.45) is 5.16 Å². The Hall–Kier alpha value is -2.71. The van der Waals surface area contributed by atoms with E-state index < -0.39 is 6.10 Å². The minimum absolute atomic E-state index is 0.221. The van der Waals surface area contributed by atoms with Crippen LogP contribution in [0.5, 0.6) is 0 Å². The van der Waals surface area contributed by atoms with E-state index >= 15 is 0 Å². The van der Waals surface area contributed by atoms with Crippen molar-refractivity contribution in [1.29, 1.82) is 0 Å². The predicted molar refractivity (Wildman–Crippen MR) is 109 cm³/mol. The van der Waals surface area contributed by atoms with Crippen LogP contribution in [0.25, 0.3) is 0 Å². The summed E-state index contributed by atoms with van der Waals surface area (Å²) in [6, 6.07) is 15.1. The Kier molecular flexibility index (Phi) is 5.40. The van der Waals surface area contributed by atoms with E-state index in [-0.39, 0.29) is 11.9 Å². The number of carbonyl (C=O) groups excluding carboxylic acids is 1. The van der Waals surface area contributed by atoms with Gasteiger partial charge in [0.2, 0.25) is 12.1 Å². The van der Waals surface area contributed by atoms with Gasteiger partial charge in [-0.25, -0.2) is 9.67 Å². The molecule has 0 saturated heterocycles. The lowest BCUT2D eigenvalue weighted by molar-refractivity contribution is -0.125. The SMILES string of the molecule is O=C(Nc1ncn(Cc2ccc(Cl)cc2)n1)C1CC(c2cccc(Br)c2)=NO1. The van der Waals surface area contributed by atoms with Gasteiger partial charge in [-0.15, -0.1) is 5.10 Å². The van der Waals surface area contributed by atoms with E-state index in [2.05, 4.69) is 36.5 Å². The molecule has 0 radical (unpaired) electrons. The van der Waals surface area contributed by atoms with Gasteiger partial charge in [-0.1, -0.05) is 57.0 Å². The van der Waals surface area contributed by atoms with Gasteiger partial charge in [0.05, 0.1) is 12.3 Å². The number of carbonyl (C=O) groups is 1. The Bertz CT molecular complexity index is 1030. The summed E-state index contributed by atoms with van der Waals surface area (Å²) in [5.41, 5.74) is 2.66. The topological polar surface area (TPSA) is 81.4 Å². The minimum Gasteiger partial charge on any atom is -0.382 e. The van der Waals surface area contributed by atoms with E-state index in [1.165, 1.54) is 0 Å². The van der Waals surface area contributed by atoms with Gasteiger partial charge in [-0.05, 0) is 29.8 Å². The summed E-state index contributed by atoms with van der Waals surface area (Å²) in [4.78, 5) is 21.9. The molecule has 1 aliphatic rings. The predicted octanol–water partition coefficient (Wildman–Crippen LogP) is 3.87. The number of hydrogen-bond donors (Lipinski definition) is 1. The Balaban J connectivity index is 1.34. The third-order valence-corrected chi connectivity index (χ3v) is 4.89. The molecule has 1 aliphatic heterocycles. The fourth-order valence-electron chi connectivity index (χ4n) is 2.75. The second kappa shape index (κ2) is 8.12. The van der Waals surface area contributed by atoms with Crippen LogP contribution in [0.1, 0.15) is 17.5 Å². The molecule has 2 aromatic carbocycles. The van der Waals surface area contributed by atoms with Gasteiger partial charge in [-0.2, -0.15) is 0 Å². The molecule has 3 aromatic rings. The van der Waals surface area contributed by atoms with Gasteiger partial charge in [0.25, 0.3) is 5.91 Å². The van der Waals surface area contributed by atoms with Crippen LogP contribution in [0, 0.1) is 0 Å². The molecular weight excluding hydrogens is 446 g/mol. The van der Waals surface area contributed by atoms with Crippen molar-refractivity contribution in [1.82, 2.24) is 14.8 Å². The average Bonchev–Trinajstić information content (AvgIpc) is 3.33. The Morgan fingerprint density at radius 2 is 2.11 bits per heavy atom. The number of halogens is 2. The first-order valence-corrected chi connectivity index (χ1v) is 9.67. The highest BCUT2D eigenvalue weighted by molar-refractivity contribution is 9.10. The van der Waals surface area contributed by atoms with Crippen LogP contribution in [0.4, 0.5) is 5.95 Å². The smallest absolute Gasteiger partial charge is 0.271 e. The van der Waals surface area contributed by atoms with Crippen LogP contribution in [0.3, 0.4) is 0 Å². The first-order chi connectivity index (χ1) is 13.6. The van der Waals surface area contributed by atoms with E-state index in [0.717, 1.165) is 21.3 Å². The molecule has 1 unspecified atom stereocenters. The molecule has 0 fully saturated rings. The number of amides is 1. The molecule has 1 N–H and O–H groups in total. The minimum atomic E-state index is -0.711. The molecule has 142 valence electrons. The van der Waals surface area contributed by atoms with E-state index in [9.17, 15) is 4.79 Å². The number of rotatable bonds is 5. The summed E-state index contributed by atoms with van der Waals surface area (Å²) in [6.07, 6.45) is 1.23. The van der Waals surface area contributed by atoms with Crippen LogP contribution >= 0.6 is 27.5 Å². The number of nitrogens with zero attached hydrogens (tertiary/aromatic N) is 4. The molecule has 4 rings (SSSR count). The van der Waals surface area contributed by atoms with Gasteiger partial charge in [0.15, 0.2) is 0 Å². The summed E-state index contributed by atoms with van der Waals surface area (Å²) in [5, 5.41) is 11.7. The molecule has 1 amide bonds. The van der Waals surface area contributed by atoms with Gasteiger partial charge in [0.1, 0.15) is 6.33 Å². The standard InChI is InChI=1S/C19H15BrClN5O2/c20-14-3-1-2-13(8-14)16-9-17(28-25-16)18(27)23-19-22-11-26(24-19)10-12-4-6-15(21)7-5-12/h1-8,11,17H,9-10H2,(H,23,24,27). The lowest BCUT2D eigenvalue weighted by Gasteiger charge is -2.06. The largest absolute Gasteiger partial charge is 0.382 e. The van der Waals surface area contributed by atoms with Crippen LogP contribution in [0.2, 0.25) is 5.02 Å². The van der Waals surface area contributed by atoms with E-state index in [0.29, 0.717) is 18.0 Å². The summed E-state index contributed by atoms with van der Waals surface area (Å²) in [6.45, 7) is 0.524. The lowest BCUT2D eigenvalue weighted by Crippen LogP contribution is -2.28. The lowest BCUT2D eigenvalue weighted by atomic mass is 10.0. The van der Waals surface area contributed by atoms with Crippen molar-refractivity contribution in [3.8, 4) is 0 Å². The highest BCUT2D eigenvalue weighted by Gasteiger charge is 2.29. The van der Waals surface area contributed by atoms with Crippen molar-refractivity contribution < 1.29 is 9.63 Å². The van der Waals surface area contributed by atoms with Crippen molar-refractivity contribution in [2.45, 2.75) is 19.1 Å². The summed E-state index contributed by atoms with van der Waals surface area (Å²) >= 11 is 9.32. The van der Waals surface area contributed by atoms with Crippen LogP contribution in [-0.2, 0) is 16.2 Å². The third kappa shape index (κ3) is 4.40. The number of nitrogens with one attached hydrogen (secondary N) is 1. The number of anilines is 1. The zero-order valence-corrected chi connectivity index (χ0v) is 16.9. The summed E-state index contributed by atoms with van der Waals surface area (Å²) < 4.78 is 2.58. The molecule has 2 heterocycles. The fourth-order valence-corrected chi connectivity index (χ4v) is 3.28. The Labute approximate surface area is 174 Å². The van der Waals surface area contributed by atoms with Crippen molar-refractivity contribution in [2.75, 3.05) is 5.32 Å². The second-order valence-corrected chi connectivity index (χ2v) is 7.58. The third-order valence-electron chi connectivity index (χ3n) is 4.15. The molecule has 1 aromatic heterocycles. The van der Waals surface area contributed by atoms with Gasteiger partial charge >= 0.3 is 0 Å². The maximum atomic E-state index is 12.4. The maximum absolute atomic E-state index is 12.4. The number of oxime groups is 1. The monoisotopic (exact) mass is 459 g/mol. The van der Waals surface area contributed by atoms with Gasteiger partial charge in [0, 0.05) is 21.5 Å². The van der Waals surface area contributed by atoms with Crippen molar-refractivity contribution >= 4 is 45.1 Å². The first-order valence-electron chi connectivity index (χ1n) is 8.50. The van der Waals surface area contributed by atoms with E-state index in [1.807, 2.05) is 48.5 Å². The molecule has 0 spiro atoms. The van der Waals surface area contributed by atoms with Crippen molar-refractivity contribution in [3.05, 3.63) is 75.5 Å². The van der Waals surface area contributed by atoms with E-state index in [1.54, 1.807) is 11.0 Å². The first kappa shape index (κ1) is 18.6. The Morgan fingerprint density at radius 1 is 1.29 bits per heavy atom. The number of benzene rings is 2. The molecule has 28 heavy (non-hydrogen) atoms. The summed E-state index contributed by atoms with van der Waals surface area (Å²) in [5.74, 6) is -0.114. The normalized spacial score (nSPS) is 15.8. The highest BCUT2D eigenvalue weighted by atomic mass is 79.9. The maximum Gasteiger partial charge on any atom is 0.271 e.